The molecular weight excluding hydrogens is 244 g/mol. The molecule has 0 saturated heterocycles. The summed E-state index contributed by atoms with van der Waals surface area (Å²) in [6.45, 7) is 4.70. The molecule has 0 fully saturated rings. The molecule has 1 aromatic heterocycles. The highest BCUT2D eigenvalue weighted by atomic mass is 32.1. The maximum absolute atomic E-state index is 6.27. The Kier molecular flexibility index (Phi) is 4.11. The molecular formula is C14H18N2OS. The van der Waals surface area contributed by atoms with Gasteiger partial charge in [0.05, 0.1) is 18.3 Å². The predicted molar refractivity (Wildman–Crippen MR) is 74.8 cm³/mol. The Bertz CT molecular complexity index is 517. The number of nitrogens with two attached hydrogens (primary N) is 1. The number of aryl methyl sites for hydroxylation is 2. The zero-order valence-electron chi connectivity index (χ0n) is 10.9. The molecule has 2 aromatic rings. The van der Waals surface area contributed by atoms with E-state index in [1.54, 1.807) is 18.4 Å². The van der Waals surface area contributed by atoms with E-state index < -0.39 is 0 Å². The molecule has 1 heterocycles. The Morgan fingerprint density at radius 2 is 2.17 bits per heavy atom. The van der Waals surface area contributed by atoms with Crippen LogP contribution >= 0.6 is 11.3 Å². The quantitative estimate of drug-likeness (QED) is 0.921. The standard InChI is InChI=1S/C14H18N2OS/c1-9-10(2)18-14(16-9)13(15)12-6-4-5-11(7-12)8-17-3/h4-7,13H,8,15H2,1-3H3. The topological polar surface area (TPSA) is 48.1 Å². The Hall–Kier alpha value is -1.23. The van der Waals surface area contributed by atoms with Gasteiger partial charge in [-0.05, 0) is 25.0 Å². The molecule has 4 heteroatoms. The number of nitrogens with zero attached hydrogens (tertiary/aromatic N) is 1. The maximum atomic E-state index is 6.27. The van der Waals surface area contributed by atoms with Crippen LogP contribution in [0.1, 0.15) is 32.7 Å². The summed E-state index contributed by atoms with van der Waals surface area (Å²) in [5, 5.41) is 0.972. The molecule has 0 aliphatic heterocycles. The van der Waals surface area contributed by atoms with Gasteiger partial charge in [-0.1, -0.05) is 24.3 Å². The van der Waals surface area contributed by atoms with Gasteiger partial charge in [-0.3, -0.25) is 0 Å². The van der Waals surface area contributed by atoms with Gasteiger partial charge in [0.2, 0.25) is 0 Å². The molecule has 0 radical (unpaired) electrons. The summed E-state index contributed by atoms with van der Waals surface area (Å²) in [4.78, 5) is 5.75. The van der Waals surface area contributed by atoms with E-state index in [9.17, 15) is 0 Å². The summed E-state index contributed by atoms with van der Waals surface area (Å²) < 4.78 is 5.14. The average molecular weight is 262 g/mol. The zero-order chi connectivity index (χ0) is 13.1. The van der Waals surface area contributed by atoms with Crippen molar-refractivity contribution in [1.29, 1.82) is 0 Å². The van der Waals surface area contributed by atoms with Crippen LogP contribution in [0, 0.1) is 13.8 Å². The Morgan fingerprint density at radius 1 is 1.39 bits per heavy atom. The lowest BCUT2D eigenvalue weighted by Crippen LogP contribution is -2.11. The van der Waals surface area contributed by atoms with Crippen molar-refractivity contribution < 1.29 is 4.74 Å². The minimum atomic E-state index is -0.154. The van der Waals surface area contributed by atoms with E-state index in [1.165, 1.54) is 4.88 Å². The molecule has 0 aliphatic carbocycles. The van der Waals surface area contributed by atoms with Gasteiger partial charge >= 0.3 is 0 Å². The number of benzene rings is 1. The van der Waals surface area contributed by atoms with Crippen molar-refractivity contribution in [2.45, 2.75) is 26.5 Å². The first-order valence-electron chi connectivity index (χ1n) is 5.89. The third-order valence-corrected chi connectivity index (χ3v) is 4.09. The molecule has 96 valence electrons. The van der Waals surface area contributed by atoms with Crippen LogP contribution in [0.2, 0.25) is 0 Å². The summed E-state index contributed by atoms with van der Waals surface area (Å²) in [7, 11) is 1.69. The number of aromatic nitrogens is 1. The van der Waals surface area contributed by atoms with Gasteiger partial charge < -0.3 is 10.5 Å². The highest BCUT2D eigenvalue weighted by molar-refractivity contribution is 7.11. The number of hydrogen-bond donors (Lipinski definition) is 1. The second kappa shape index (κ2) is 5.61. The van der Waals surface area contributed by atoms with Crippen molar-refractivity contribution in [2.75, 3.05) is 7.11 Å². The molecule has 2 N–H and O–H groups in total. The minimum absolute atomic E-state index is 0.154. The van der Waals surface area contributed by atoms with E-state index in [-0.39, 0.29) is 6.04 Å². The van der Waals surface area contributed by atoms with E-state index in [1.807, 2.05) is 25.1 Å². The van der Waals surface area contributed by atoms with Gasteiger partial charge in [-0.25, -0.2) is 4.98 Å². The highest BCUT2D eigenvalue weighted by Crippen LogP contribution is 2.26. The van der Waals surface area contributed by atoms with E-state index >= 15 is 0 Å². The fourth-order valence-electron chi connectivity index (χ4n) is 1.82. The molecule has 0 amide bonds. The van der Waals surface area contributed by atoms with Crippen molar-refractivity contribution in [1.82, 2.24) is 4.98 Å². The van der Waals surface area contributed by atoms with Crippen LogP contribution in [-0.2, 0) is 11.3 Å². The SMILES string of the molecule is COCc1cccc(C(N)c2nc(C)c(C)s2)c1. The molecule has 18 heavy (non-hydrogen) atoms. The van der Waals surface area contributed by atoms with Crippen LogP contribution in [0.25, 0.3) is 0 Å². The lowest BCUT2D eigenvalue weighted by molar-refractivity contribution is 0.185. The summed E-state index contributed by atoms with van der Waals surface area (Å²) in [6, 6.07) is 8.02. The van der Waals surface area contributed by atoms with Crippen LogP contribution in [0.5, 0.6) is 0 Å². The first kappa shape index (κ1) is 13.2. The molecule has 1 atom stereocenters. The Morgan fingerprint density at radius 3 is 2.78 bits per heavy atom. The largest absolute Gasteiger partial charge is 0.380 e. The zero-order valence-corrected chi connectivity index (χ0v) is 11.8. The van der Waals surface area contributed by atoms with Gasteiger partial charge in [0, 0.05) is 12.0 Å². The summed E-state index contributed by atoms with van der Waals surface area (Å²) >= 11 is 1.67. The van der Waals surface area contributed by atoms with Crippen LogP contribution in [0.15, 0.2) is 24.3 Å². The van der Waals surface area contributed by atoms with Gasteiger partial charge in [0.15, 0.2) is 0 Å². The first-order chi connectivity index (χ1) is 8.61. The average Bonchev–Trinajstić information content (AvgIpc) is 2.69. The Labute approximate surface area is 112 Å². The maximum Gasteiger partial charge on any atom is 0.114 e. The third-order valence-electron chi connectivity index (χ3n) is 2.93. The molecule has 2 rings (SSSR count). The fourth-order valence-corrected chi connectivity index (χ4v) is 2.77. The number of rotatable bonds is 4. The minimum Gasteiger partial charge on any atom is -0.380 e. The van der Waals surface area contributed by atoms with Crippen molar-refractivity contribution in [3.8, 4) is 0 Å². The lowest BCUT2D eigenvalue weighted by atomic mass is 10.1. The van der Waals surface area contributed by atoms with Crippen molar-refractivity contribution in [2.24, 2.45) is 5.73 Å². The normalized spacial score (nSPS) is 12.7. The van der Waals surface area contributed by atoms with E-state index in [0.29, 0.717) is 6.61 Å². The van der Waals surface area contributed by atoms with Gasteiger partial charge in [-0.15, -0.1) is 11.3 Å². The number of hydrogen-bond acceptors (Lipinski definition) is 4. The van der Waals surface area contributed by atoms with Crippen molar-refractivity contribution in [3.05, 3.63) is 51.0 Å². The number of methoxy groups -OCH3 is 1. The van der Waals surface area contributed by atoms with Crippen molar-refractivity contribution >= 4 is 11.3 Å². The molecule has 3 nitrogen and oxygen atoms in total. The summed E-state index contributed by atoms with van der Waals surface area (Å²) in [5.41, 5.74) is 9.56. The molecule has 1 aromatic carbocycles. The lowest BCUT2D eigenvalue weighted by Gasteiger charge is -2.10. The molecule has 1 unspecified atom stereocenters. The molecule has 0 bridgehead atoms. The van der Waals surface area contributed by atoms with Crippen LogP contribution in [0.3, 0.4) is 0 Å². The monoisotopic (exact) mass is 262 g/mol. The molecule has 0 spiro atoms. The second-order valence-electron chi connectivity index (χ2n) is 4.35. The fraction of sp³-hybridized carbons (Fsp3) is 0.357. The highest BCUT2D eigenvalue weighted by Gasteiger charge is 2.14. The summed E-state index contributed by atoms with van der Waals surface area (Å²) in [5.74, 6) is 0. The number of thiazole rings is 1. The van der Waals surface area contributed by atoms with Gasteiger partial charge in [0.1, 0.15) is 5.01 Å². The predicted octanol–water partition coefficient (Wildman–Crippen LogP) is 2.95. The van der Waals surface area contributed by atoms with Crippen LogP contribution in [-0.4, -0.2) is 12.1 Å². The van der Waals surface area contributed by atoms with Crippen molar-refractivity contribution in [3.63, 3.8) is 0 Å². The van der Waals surface area contributed by atoms with Gasteiger partial charge in [-0.2, -0.15) is 0 Å². The second-order valence-corrected chi connectivity index (χ2v) is 5.58. The van der Waals surface area contributed by atoms with Crippen LogP contribution in [0.4, 0.5) is 0 Å². The van der Waals surface area contributed by atoms with E-state index in [0.717, 1.165) is 21.8 Å². The molecule has 0 aliphatic rings. The molecule has 0 saturated carbocycles. The first-order valence-corrected chi connectivity index (χ1v) is 6.70. The number of ether oxygens (including phenoxy) is 1. The smallest absolute Gasteiger partial charge is 0.114 e. The Balaban J connectivity index is 2.27. The van der Waals surface area contributed by atoms with E-state index in [4.69, 9.17) is 10.5 Å². The summed E-state index contributed by atoms with van der Waals surface area (Å²) in [6.07, 6.45) is 0. The van der Waals surface area contributed by atoms with E-state index in [2.05, 4.69) is 18.0 Å². The van der Waals surface area contributed by atoms with Gasteiger partial charge in [0.25, 0.3) is 0 Å². The van der Waals surface area contributed by atoms with Crippen LogP contribution < -0.4 is 5.73 Å². The third kappa shape index (κ3) is 2.77.